The topological polar surface area (TPSA) is 79.2 Å². The van der Waals surface area contributed by atoms with E-state index in [9.17, 15) is 9.59 Å². The van der Waals surface area contributed by atoms with Gasteiger partial charge in [0.2, 0.25) is 5.91 Å². The van der Waals surface area contributed by atoms with E-state index in [0.717, 1.165) is 29.7 Å². The van der Waals surface area contributed by atoms with Gasteiger partial charge in [-0.2, -0.15) is 5.26 Å². The number of hydrogen-bond acceptors (Lipinski definition) is 5. The molecule has 2 rings (SSSR count). The van der Waals surface area contributed by atoms with Crippen LogP contribution < -0.4 is 5.32 Å². The van der Waals surface area contributed by atoms with Crippen molar-refractivity contribution in [3.05, 3.63) is 16.0 Å². The largest absolute Gasteiger partial charge is 0.462 e. The summed E-state index contributed by atoms with van der Waals surface area (Å²) in [5, 5.41) is 11.8. The van der Waals surface area contributed by atoms with Gasteiger partial charge in [-0.3, -0.25) is 4.79 Å². The average Bonchev–Trinajstić information content (AvgIpc) is 2.75. The molecule has 5 nitrogen and oxygen atoms in total. The summed E-state index contributed by atoms with van der Waals surface area (Å²) in [6.07, 6.45) is 2.55. The smallest absolute Gasteiger partial charge is 0.341 e. The van der Waals surface area contributed by atoms with Crippen molar-refractivity contribution >= 4 is 28.2 Å². The van der Waals surface area contributed by atoms with E-state index in [1.807, 2.05) is 0 Å². The van der Waals surface area contributed by atoms with Crippen LogP contribution in [0.2, 0.25) is 0 Å². The Morgan fingerprint density at radius 2 is 2.29 bits per heavy atom. The number of thiophene rings is 1. The molecule has 0 spiro atoms. The number of esters is 1. The van der Waals surface area contributed by atoms with Gasteiger partial charge >= 0.3 is 5.97 Å². The molecule has 0 bridgehead atoms. The van der Waals surface area contributed by atoms with E-state index in [4.69, 9.17) is 10.00 Å². The molecule has 1 aliphatic rings. The van der Waals surface area contributed by atoms with Gasteiger partial charge in [0.05, 0.1) is 18.2 Å². The maximum absolute atomic E-state index is 12.2. The van der Waals surface area contributed by atoms with E-state index in [1.54, 1.807) is 13.0 Å². The van der Waals surface area contributed by atoms with Crippen LogP contribution in [0.15, 0.2) is 0 Å². The molecule has 1 N–H and O–H groups in total. The third kappa shape index (κ3) is 3.42. The molecule has 0 aliphatic heterocycles. The van der Waals surface area contributed by atoms with Crippen LogP contribution in [0.1, 0.15) is 47.5 Å². The van der Waals surface area contributed by atoms with E-state index in [1.165, 1.54) is 11.3 Å². The highest BCUT2D eigenvalue weighted by atomic mass is 32.1. The number of nitrogens with one attached hydrogen (secondary N) is 1. The van der Waals surface area contributed by atoms with E-state index >= 15 is 0 Å². The lowest BCUT2D eigenvalue weighted by Gasteiger charge is -2.18. The Labute approximate surface area is 127 Å². The fraction of sp³-hybridized carbons (Fsp3) is 0.533. The molecule has 21 heavy (non-hydrogen) atoms. The third-order valence-electron chi connectivity index (χ3n) is 3.48. The van der Waals surface area contributed by atoms with Crippen molar-refractivity contribution in [1.82, 2.24) is 0 Å². The number of anilines is 1. The van der Waals surface area contributed by atoms with Gasteiger partial charge in [0.15, 0.2) is 0 Å². The number of nitriles is 1. The zero-order valence-corrected chi connectivity index (χ0v) is 13.0. The molecule has 0 saturated carbocycles. The normalized spacial score (nSPS) is 16.7. The van der Waals surface area contributed by atoms with Crippen molar-refractivity contribution in [3.8, 4) is 6.07 Å². The molecule has 1 amide bonds. The van der Waals surface area contributed by atoms with Crippen molar-refractivity contribution in [2.24, 2.45) is 5.92 Å². The van der Waals surface area contributed by atoms with Gasteiger partial charge in [0, 0.05) is 4.88 Å². The van der Waals surface area contributed by atoms with Crippen LogP contribution in [0, 0.1) is 17.2 Å². The molecule has 1 aromatic heterocycles. The maximum atomic E-state index is 12.2. The zero-order valence-electron chi connectivity index (χ0n) is 12.2. The quantitative estimate of drug-likeness (QED) is 0.867. The monoisotopic (exact) mass is 306 g/mol. The number of ether oxygens (including phenoxy) is 1. The highest BCUT2D eigenvalue weighted by Gasteiger charge is 2.28. The maximum Gasteiger partial charge on any atom is 0.341 e. The summed E-state index contributed by atoms with van der Waals surface area (Å²) in [7, 11) is 0. The van der Waals surface area contributed by atoms with Crippen LogP contribution in [0.3, 0.4) is 0 Å². The lowest BCUT2D eigenvalue weighted by atomic mass is 9.88. The first-order chi connectivity index (χ1) is 10.1. The Kier molecular flexibility index (Phi) is 4.97. The van der Waals surface area contributed by atoms with Crippen LogP contribution in [0.4, 0.5) is 5.00 Å². The van der Waals surface area contributed by atoms with Crippen molar-refractivity contribution in [3.63, 3.8) is 0 Å². The number of fused-ring (bicyclic) bond motifs is 1. The van der Waals surface area contributed by atoms with Gasteiger partial charge in [0.25, 0.3) is 0 Å². The van der Waals surface area contributed by atoms with Gasteiger partial charge in [-0.25, -0.2) is 4.79 Å². The molecule has 0 aromatic carbocycles. The minimum absolute atomic E-state index is 0.221. The van der Waals surface area contributed by atoms with Crippen molar-refractivity contribution in [2.45, 2.75) is 39.5 Å². The minimum Gasteiger partial charge on any atom is -0.462 e. The van der Waals surface area contributed by atoms with E-state index < -0.39 is 11.9 Å². The van der Waals surface area contributed by atoms with Gasteiger partial charge in [-0.1, -0.05) is 6.92 Å². The number of hydrogen-bond donors (Lipinski definition) is 1. The molecule has 6 heteroatoms. The van der Waals surface area contributed by atoms with Crippen LogP contribution in [-0.2, 0) is 22.4 Å². The molecule has 1 aliphatic carbocycles. The first kappa shape index (κ1) is 15.5. The lowest BCUT2D eigenvalue weighted by molar-refractivity contribution is -0.115. The summed E-state index contributed by atoms with van der Waals surface area (Å²) < 4.78 is 5.11. The van der Waals surface area contributed by atoms with Crippen LogP contribution >= 0.6 is 11.3 Å². The fourth-order valence-corrected chi connectivity index (χ4v) is 3.92. The molecule has 0 radical (unpaired) electrons. The molecule has 0 unspecified atom stereocenters. The number of amides is 1. The van der Waals surface area contributed by atoms with Gasteiger partial charge in [-0.15, -0.1) is 11.3 Å². The fourth-order valence-electron chi connectivity index (χ4n) is 2.50. The lowest BCUT2D eigenvalue weighted by Crippen LogP contribution is -2.16. The molecule has 0 fully saturated rings. The van der Waals surface area contributed by atoms with Crippen LogP contribution in [-0.4, -0.2) is 18.5 Å². The highest BCUT2D eigenvalue weighted by molar-refractivity contribution is 7.17. The van der Waals surface area contributed by atoms with Crippen molar-refractivity contribution in [1.29, 1.82) is 5.26 Å². The van der Waals surface area contributed by atoms with Gasteiger partial charge < -0.3 is 10.1 Å². The summed E-state index contributed by atoms with van der Waals surface area (Å²) in [6, 6.07) is 1.81. The predicted molar refractivity (Wildman–Crippen MR) is 80.3 cm³/mol. The molecular formula is C15H18N2O3S. The Hall–Kier alpha value is -1.87. The second kappa shape index (κ2) is 6.72. The SMILES string of the molecule is CCOC(=O)c1c(NC(=O)CC#N)sc2c1CC[C@H](C)C2. The van der Waals surface area contributed by atoms with Gasteiger partial charge in [-0.05, 0) is 37.7 Å². The summed E-state index contributed by atoms with van der Waals surface area (Å²) in [5.74, 6) is -0.208. The van der Waals surface area contributed by atoms with E-state index in [2.05, 4.69) is 12.2 Å². The first-order valence-electron chi connectivity index (χ1n) is 7.05. The average molecular weight is 306 g/mol. The van der Waals surface area contributed by atoms with Gasteiger partial charge in [0.1, 0.15) is 11.4 Å². The van der Waals surface area contributed by atoms with Crippen LogP contribution in [0.25, 0.3) is 0 Å². The second-order valence-electron chi connectivity index (χ2n) is 5.16. The first-order valence-corrected chi connectivity index (χ1v) is 7.86. The number of rotatable bonds is 4. The molecule has 1 aromatic rings. The Morgan fingerprint density at radius 1 is 1.52 bits per heavy atom. The van der Waals surface area contributed by atoms with Crippen molar-refractivity contribution in [2.75, 3.05) is 11.9 Å². The molecule has 1 heterocycles. The number of carbonyl (C=O) groups is 2. The molecule has 1 atom stereocenters. The number of nitrogens with zero attached hydrogens (tertiary/aromatic N) is 1. The van der Waals surface area contributed by atoms with Crippen LogP contribution in [0.5, 0.6) is 0 Å². The summed E-state index contributed by atoms with van der Waals surface area (Å²) in [4.78, 5) is 25.0. The standard InChI is InChI=1S/C15H18N2O3S/c1-3-20-15(19)13-10-5-4-9(2)8-11(10)21-14(13)17-12(18)6-7-16/h9H,3-6,8H2,1-2H3,(H,17,18)/t9-/m0/s1. The third-order valence-corrected chi connectivity index (χ3v) is 4.65. The minimum atomic E-state index is -0.394. The summed E-state index contributed by atoms with van der Waals surface area (Å²) in [5.41, 5.74) is 1.49. The van der Waals surface area contributed by atoms with Crippen molar-refractivity contribution < 1.29 is 14.3 Å². The highest BCUT2D eigenvalue weighted by Crippen LogP contribution is 2.40. The Balaban J connectivity index is 2.36. The molecular weight excluding hydrogens is 288 g/mol. The predicted octanol–water partition coefficient (Wildman–Crippen LogP) is 2.90. The second-order valence-corrected chi connectivity index (χ2v) is 6.26. The Bertz CT molecular complexity index is 601. The molecule has 112 valence electrons. The van der Waals surface area contributed by atoms with E-state index in [0.29, 0.717) is 23.1 Å². The number of carbonyl (C=O) groups excluding carboxylic acids is 2. The molecule has 0 saturated heterocycles. The summed E-state index contributed by atoms with van der Waals surface area (Å²) in [6.45, 7) is 4.23. The van der Waals surface area contributed by atoms with E-state index in [-0.39, 0.29) is 6.42 Å². The Morgan fingerprint density at radius 3 is 2.95 bits per heavy atom. The summed E-state index contributed by atoms with van der Waals surface area (Å²) >= 11 is 1.43. The zero-order chi connectivity index (χ0) is 15.4.